The van der Waals surface area contributed by atoms with Crippen LogP contribution in [0.5, 0.6) is 5.75 Å². The number of benzene rings is 2. The number of anilines is 1. The third kappa shape index (κ3) is 5.49. The molecule has 0 bridgehead atoms. The summed E-state index contributed by atoms with van der Waals surface area (Å²) < 4.78 is 32.8. The number of carbonyl (C=O) groups is 1. The second-order valence-corrected chi connectivity index (χ2v) is 10.8. The van der Waals surface area contributed by atoms with Crippen LogP contribution < -0.4 is 10.1 Å². The Morgan fingerprint density at radius 2 is 1.80 bits per heavy atom. The molecule has 1 heterocycles. The number of thioether (sulfide) groups is 1. The van der Waals surface area contributed by atoms with Crippen LogP contribution in [0, 0.1) is 0 Å². The first-order chi connectivity index (χ1) is 14.3. The highest BCUT2D eigenvalue weighted by Gasteiger charge is 2.27. The average Bonchev–Trinajstić information content (AvgIpc) is 2.75. The Morgan fingerprint density at radius 1 is 1.13 bits per heavy atom. The lowest BCUT2D eigenvalue weighted by Gasteiger charge is -2.26. The van der Waals surface area contributed by atoms with Crippen molar-refractivity contribution < 1.29 is 17.9 Å². The summed E-state index contributed by atoms with van der Waals surface area (Å²) >= 11 is 7.29. The summed E-state index contributed by atoms with van der Waals surface area (Å²) in [7, 11) is -2.13. The van der Waals surface area contributed by atoms with Crippen molar-refractivity contribution >= 4 is 45.0 Å². The van der Waals surface area contributed by atoms with Crippen LogP contribution >= 0.6 is 23.4 Å². The summed E-state index contributed by atoms with van der Waals surface area (Å²) in [6, 6.07) is 11.8. The number of methoxy groups -OCH3 is 1. The van der Waals surface area contributed by atoms with E-state index in [1.165, 1.54) is 35.3 Å². The molecule has 0 spiro atoms. The zero-order valence-electron chi connectivity index (χ0n) is 16.9. The van der Waals surface area contributed by atoms with Crippen LogP contribution in [0.25, 0.3) is 0 Å². The molecular weight excluding hydrogens is 444 g/mol. The van der Waals surface area contributed by atoms with Crippen LogP contribution in [-0.2, 0) is 14.8 Å². The highest BCUT2D eigenvalue weighted by molar-refractivity contribution is 8.00. The Kier molecular flexibility index (Phi) is 7.68. The van der Waals surface area contributed by atoms with Gasteiger partial charge >= 0.3 is 0 Å². The highest BCUT2D eigenvalue weighted by Crippen LogP contribution is 2.31. The Morgan fingerprint density at radius 3 is 2.43 bits per heavy atom. The molecule has 1 N–H and O–H groups in total. The molecule has 0 aliphatic carbocycles. The van der Waals surface area contributed by atoms with Gasteiger partial charge in [0.25, 0.3) is 0 Å². The van der Waals surface area contributed by atoms with E-state index in [4.69, 9.17) is 16.3 Å². The van der Waals surface area contributed by atoms with E-state index < -0.39 is 15.3 Å². The molecule has 1 fully saturated rings. The molecule has 1 aliphatic rings. The number of nitrogens with zero attached hydrogens (tertiary/aromatic N) is 1. The van der Waals surface area contributed by atoms with Crippen molar-refractivity contribution in [3.63, 3.8) is 0 Å². The summed E-state index contributed by atoms with van der Waals surface area (Å²) in [6.07, 6.45) is 2.76. The lowest BCUT2D eigenvalue weighted by molar-refractivity contribution is -0.115. The predicted molar refractivity (Wildman–Crippen MR) is 121 cm³/mol. The Balaban J connectivity index is 1.77. The van der Waals surface area contributed by atoms with E-state index in [0.717, 1.165) is 24.2 Å². The molecule has 0 radical (unpaired) electrons. The number of amides is 1. The Labute approximate surface area is 187 Å². The number of carbonyl (C=O) groups excluding carboxylic acids is 1. The number of sulfonamides is 1. The number of hydrogen-bond acceptors (Lipinski definition) is 5. The van der Waals surface area contributed by atoms with Gasteiger partial charge in [-0.15, -0.1) is 11.8 Å². The van der Waals surface area contributed by atoms with Crippen molar-refractivity contribution in [1.82, 2.24) is 4.31 Å². The smallest absolute Gasteiger partial charge is 0.243 e. The molecular formula is C21H25ClN2O4S2. The van der Waals surface area contributed by atoms with Crippen molar-refractivity contribution in [2.75, 3.05) is 25.5 Å². The molecule has 1 atom stereocenters. The lowest BCUT2D eigenvalue weighted by atomic mass is 10.2. The van der Waals surface area contributed by atoms with Crippen LogP contribution in [-0.4, -0.2) is 44.1 Å². The second kappa shape index (κ2) is 10.0. The van der Waals surface area contributed by atoms with E-state index >= 15 is 0 Å². The fraction of sp³-hybridized carbons (Fsp3) is 0.381. The standard InChI is InChI=1S/C21H25ClN2O4S2/c1-15(29-17-8-6-16(22)7-9-17)21(25)23-19-14-18(10-11-20(19)28-2)30(26,27)24-12-4-3-5-13-24/h6-11,14-15H,3-5,12-13H2,1-2H3,(H,23,25). The molecule has 162 valence electrons. The van der Waals surface area contributed by atoms with Gasteiger partial charge in [-0.1, -0.05) is 18.0 Å². The van der Waals surface area contributed by atoms with Crippen molar-refractivity contribution in [1.29, 1.82) is 0 Å². The minimum atomic E-state index is -3.61. The first kappa shape index (κ1) is 22.9. The molecule has 2 aromatic carbocycles. The largest absolute Gasteiger partial charge is 0.495 e. The van der Waals surface area contributed by atoms with Gasteiger partial charge in [0.2, 0.25) is 15.9 Å². The quantitative estimate of drug-likeness (QED) is 0.599. The van der Waals surface area contributed by atoms with Crippen LogP contribution in [0.15, 0.2) is 52.3 Å². The summed E-state index contributed by atoms with van der Waals surface area (Å²) in [4.78, 5) is 13.8. The molecule has 30 heavy (non-hydrogen) atoms. The number of halogens is 1. The minimum Gasteiger partial charge on any atom is -0.495 e. The van der Waals surface area contributed by atoms with Gasteiger partial charge in [-0.25, -0.2) is 8.42 Å². The Bertz CT molecular complexity index is 991. The molecule has 6 nitrogen and oxygen atoms in total. The van der Waals surface area contributed by atoms with Crippen LogP contribution in [0.4, 0.5) is 5.69 Å². The van der Waals surface area contributed by atoms with Gasteiger partial charge in [-0.2, -0.15) is 4.31 Å². The summed E-state index contributed by atoms with van der Waals surface area (Å²) in [6.45, 7) is 2.82. The minimum absolute atomic E-state index is 0.151. The third-order valence-corrected chi connectivity index (χ3v) is 8.14. The van der Waals surface area contributed by atoms with Gasteiger partial charge in [-0.05, 0) is 62.2 Å². The van der Waals surface area contributed by atoms with Crippen molar-refractivity contribution in [3.8, 4) is 5.75 Å². The molecule has 2 aromatic rings. The summed E-state index contributed by atoms with van der Waals surface area (Å²) in [5.41, 5.74) is 0.337. The highest BCUT2D eigenvalue weighted by atomic mass is 35.5. The zero-order valence-corrected chi connectivity index (χ0v) is 19.3. The van der Waals surface area contributed by atoms with E-state index in [0.29, 0.717) is 29.5 Å². The van der Waals surface area contributed by atoms with Gasteiger partial charge in [0.1, 0.15) is 5.75 Å². The zero-order chi connectivity index (χ0) is 21.7. The van der Waals surface area contributed by atoms with Gasteiger partial charge < -0.3 is 10.1 Å². The molecule has 1 amide bonds. The SMILES string of the molecule is COc1ccc(S(=O)(=O)N2CCCCC2)cc1NC(=O)C(C)Sc1ccc(Cl)cc1. The van der Waals surface area contributed by atoms with Crippen molar-refractivity contribution in [2.45, 2.75) is 41.2 Å². The van der Waals surface area contributed by atoms with Gasteiger partial charge in [0.15, 0.2) is 0 Å². The Hall–Kier alpha value is -1.74. The fourth-order valence-electron chi connectivity index (χ4n) is 3.20. The van der Waals surface area contributed by atoms with E-state index in [-0.39, 0.29) is 10.8 Å². The maximum atomic E-state index is 13.0. The van der Waals surface area contributed by atoms with Gasteiger partial charge in [-0.3, -0.25) is 4.79 Å². The lowest BCUT2D eigenvalue weighted by Crippen LogP contribution is -2.35. The van der Waals surface area contributed by atoms with E-state index in [1.807, 2.05) is 12.1 Å². The number of rotatable bonds is 7. The maximum absolute atomic E-state index is 13.0. The monoisotopic (exact) mass is 468 g/mol. The number of ether oxygens (including phenoxy) is 1. The number of hydrogen-bond donors (Lipinski definition) is 1. The van der Waals surface area contributed by atoms with E-state index in [1.54, 1.807) is 25.1 Å². The summed E-state index contributed by atoms with van der Waals surface area (Å²) in [5.74, 6) is 0.158. The van der Waals surface area contributed by atoms with Crippen LogP contribution in [0.2, 0.25) is 5.02 Å². The third-order valence-electron chi connectivity index (χ3n) is 4.88. The first-order valence-electron chi connectivity index (χ1n) is 9.72. The molecule has 1 saturated heterocycles. The van der Waals surface area contributed by atoms with Crippen molar-refractivity contribution in [3.05, 3.63) is 47.5 Å². The number of nitrogens with one attached hydrogen (secondary N) is 1. The molecule has 1 aliphatic heterocycles. The van der Waals surface area contributed by atoms with E-state index in [9.17, 15) is 13.2 Å². The average molecular weight is 469 g/mol. The van der Waals surface area contributed by atoms with Crippen molar-refractivity contribution in [2.24, 2.45) is 0 Å². The molecule has 1 unspecified atom stereocenters. The molecule has 0 saturated carbocycles. The van der Waals surface area contributed by atoms with Crippen LogP contribution in [0.3, 0.4) is 0 Å². The predicted octanol–water partition coefficient (Wildman–Crippen LogP) is 4.64. The fourth-order valence-corrected chi connectivity index (χ4v) is 5.74. The maximum Gasteiger partial charge on any atom is 0.243 e. The first-order valence-corrected chi connectivity index (χ1v) is 12.4. The molecule has 0 aromatic heterocycles. The molecule has 9 heteroatoms. The number of piperidine rings is 1. The van der Waals surface area contributed by atoms with Crippen LogP contribution in [0.1, 0.15) is 26.2 Å². The van der Waals surface area contributed by atoms with Gasteiger partial charge in [0, 0.05) is 23.0 Å². The molecule has 3 rings (SSSR count). The second-order valence-electron chi connectivity index (χ2n) is 7.03. The van der Waals surface area contributed by atoms with E-state index in [2.05, 4.69) is 5.32 Å². The normalized spacial score (nSPS) is 16.1. The summed E-state index contributed by atoms with van der Waals surface area (Å²) in [5, 5.41) is 3.04. The van der Waals surface area contributed by atoms with Gasteiger partial charge in [0.05, 0.1) is 22.9 Å². The topological polar surface area (TPSA) is 75.7 Å².